The molecule has 10 heteroatoms. The maximum absolute atomic E-state index is 13.0. The summed E-state index contributed by atoms with van der Waals surface area (Å²) in [5.41, 5.74) is 4.46. The van der Waals surface area contributed by atoms with Crippen LogP contribution in [0.25, 0.3) is 33.1 Å². The first-order valence-corrected chi connectivity index (χ1v) is 12.7. The molecule has 0 unspecified atom stereocenters. The number of benzene rings is 2. The van der Waals surface area contributed by atoms with Crippen molar-refractivity contribution in [1.82, 2.24) is 14.7 Å². The van der Waals surface area contributed by atoms with Gasteiger partial charge in [0.05, 0.1) is 41.0 Å². The maximum Gasteiger partial charge on any atom is 0.420 e. The van der Waals surface area contributed by atoms with Crippen molar-refractivity contribution in [3.05, 3.63) is 70.2 Å². The number of hydrogen-bond donors (Lipinski definition) is 0. The van der Waals surface area contributed by atoms with Crippen molar-refractivity contribution in [2.24, 2.45) is 0 Å². The molecule has 2 aromatic carbocycles. The van der Waals surface area contributed by atoms with Crippen molar-refractivity contribution < 1.29 is 22.1 Å². The Hall–Kier alpha value is -3.92. The summed E-state index contributed by atoms with van der Waals surface area (Å²) in [7, 11) is -1.84. The minimum absolute atomic E-state index is 0.181. The second-order valence-electron chi connectivity index (χ2n) is 8.50. The average molecular weight is 494 g/mol. The molecule has 0 aliphatic heterocycles. The Bertz CT molecular complexity index is 1760. The van der Waals surface area contributed by atoms with Crippen molar-refractivity contribution in [3.63, 3.8) is 0 Å². The van der Waals surface area contributed by atoms with Crippen LogP contribution in [0.1, 0.15) is 30.0 Å². The number of hydrogen-bond acceptors (Lipinski definition) is 8. The Morgan fingerprint density at radius 3 is 2.57 bits per heavy atom. The van der Waals surface area contributed by atoms with E-state index in [2.05, 4.69) is 10.1 Å². The fraction of sp³-hybridized carbons (Fsp3) is 0.240. The number of nitrogens with zero attached hydrogens (tertiary/aromatic N) is 3. The molecular weight excluding hydrogens is 470 g/mol. The van der Waals surface area contributed by atoms with E-state index >= 15 is 0 Å². The van der Waals surface area contributed by atoms with Crippen LogP contribution in [0.4, 0.5) is 0 Å². The highest BCUT2D eigenvalue weighted by Crippen LogP contribution is 2.39. The predicted octanol–water partition coefficient (Wildman–Crippen LogP) is 4.44. The van der Waals surface area contributed by atoms with Gasteiger partial charge in [0.25, 0.3) is 0 Å². The van der Waals surface area contributed by atoms with Gasteiger partial charge < -0.3 is 13.7 Å². The third-order valence-corrected chi connectivity index (χ3v) is 7.33. The molecule has 0 radical (unpaired) electrons. The zero-order chi connectivity index (χ0) is 25.1. The summed E-state index contributed by atoms with van der Waals surface area (Å²) in [5.74, 6) is 0.647. The van der Waals surface area contributed by atoms with Gasteiger partial charge in [0.2, 0.25) is 0 Å². The van der Waals surface area contributed by atoms with E-state index in [1.165, 1.54) is 16.8 Å². The van der Waals surface area contributed by atoms with E-state index in [0.717, 1.165) is 23.1 Å². The number of ether oxygens (including phenoxy) is 1. The fourth-order valence-corrected chi connectivity index (χ4v) is 5.16. The Labute approximate surface area is 200 Å². The lowest BCUT2D eigenvalue weighted by molar-refractivity contribution is 0.393. The van der Waals surface area contributed by atoms with Gasteiger partial charge in [-0.2, -0.15) is 0 Å². The summed E-state index contributed by atoms with van der Waals surface area (Å²) in [4.78, 5) is 17.7. The number of rotatable bonds is 5. The van der Waals surface area contributed by atoms with Gasteiger partial charge >= 0.3 is 5.76 Å². The average Bonchev–Trinajstić information content (AvgIpc) is 3.34. The number of aromatic nitrogens is 3. The molecule has 180 valence electrons. The van der Waals surface area contributed by atoms with Crippen LogP contribution < -0.4 is 10.5 Å². The van der Waals surface area contributed by atoms with E-state index in [9.17, 15) is 13.2 Å². The lowest BCUT2D eigenvalue weighted by Crippen LogP contribution is -2.19. The smallest absolute Gasteiger partial charge is 0.420 e. The highest BCUT2D eigenvalue weighted by molar-refractivity contribution is 7.90. The number of pyridine rings is 1. The van der Waals surface area contributed by atoms with Crippen LogP contribution in [0.3, 0.4) is 0 Å². The Morgan fingerprint density at radius 1 is 1.14 bits per heavy atom. The summed E-state index contributed by atoms with van der Waals surface area (Å²) in [6, 6.07) is 9.73. The Balaban J connectivity index is 1.78. The Morgan fingerprint density at radius 2 is 1.91 bits per heavy atom. The van der Waals surface area contributed by atoms with Crippen LogP contribution in [0.5, 0.6) is 5.75 Å². The first kappa shape index (κ1) is 22.9. The number of aryl methyl sites for hydroxylation is 2. The van der Waals surface area contributed by atoms with E-state index in [0.29, 0.717) is 39.1 Å². The van der Waals surface area contributed by atoms with Gasteiger partial charge in [-0.25, -0.2) is 13.2 Å². The zero-order valence-corrected chi connectivity index (χ0v) is 20.6. The number of oxazole rings is 1. The van der Waals surface area contributed by atoms with Crippen LogP contribution in [-0.2, 0) is 9.84 Å². The van der Waals surface area contributed by atoms with Crippen molar-refractivity contribution in [2.45, 2.75) is 31.7 Å². The second-order valence-corrected chi connectivity index (χ2v) is 10.5. The normalized spacial score (nSPS) is 12.9. The van der Waals surface area contributed by atoms with Crippen LogP contribution in [-0.4, -0.2) is 36.5 Å². The maximum atomic E-state index is 13.0. The molecule has 0 aliphatic rings. The molecular formula is C25H23N3O6S. The molecule has 0 bridgehead atoms. The first-order valence-electron chi connectivity index (χ1n) is 10.8. The predicted molar refractivity (Wildman–Crippen MR) is 131 cm³/mol. The van der Waals surface area contributed by atoms with Gasteiger partial charge in [-0.1, -0.05) is 17.3 Å². The molecule has 0 saturated heterocycles. The minimum atomic E-state index is -3.41. The number of fused-ring (bicyclic) bond motifs is 3. The number of sulfone groups is 1. The zero-order valence-electron chi connectivity index (χ0n) is 19.8. The third kappa shape index (κ3) is 3.70. The van der Waals surface area contributed by atoms with Gasteiger partial charge in [-0.05, 0) is 50.6 Å². The van der Waals surface area contributed by atoms with E-state index in [1.807, 2.05) is 32.9 Å². The summed E-state index contributed by atoms with van der Waals surface area (Å²) >= 11 is 0. The van der Waals surface area contributed by atoms with Crippen LogP contribution in [0, 0.1) is 13.8 Å². The second kappa shape index (κ2) is 8.09. The molecule has 35 heavy (non-hydrogen) atoms. The van der Waals surface area contributed by atoms with Crippen molar-refractivity contribution >= 4 is 31.8 Å². The number of methoxy groups -OCH3 is 1. The van der Waals surface area contributed by atoms with E-state index in [4.69, 9.17) is 13.7 Å². The summed E-state index contributed by atoms with van der Waals surface area (Å²) < 4.78 is 42.2. The molecule has 0 spiro atoms. The molecule has 0 aliphatic carbocycles. The summed E-state index contributed by atoms with van der Waals surface area (Å²) in [6.07, 6.45) is 2.66. The molecule has 0 saturated carbocycles. The molecule has 0 fully saturated rings. The first-order chi connectivity index (χ1) is 16.6. The van der Waals surface area contributed by atoms with Crippen LogP contribution in [0.2, 0.25) is 0 Å². The van der Waals surface area contributed by atoms with Gasteiger partial charge in [0.1, 0.15) is 17.0 Å². The van der Waals surface area contributed by atoms with Crippen molar-refractivity contribution in [2.75, 3.05) is 13.4 Å². The third-order valence-electron chi connectivity index (χ3n) is 6.22. The van der Waals surface area contributed by atoms with Gasteiger partial charge in [-0.3, -0.25) is 9.55 Å². The lowest BCUT2D eigenvalue weighted by Gasteiger charge is -2.16. The van der Waals surface area contributed by atoms with Crippen molar-refractivity contribution in [3.8, 4) is 16.9 Å². The molecule has 0 amide bonds. The SMILES string of the molecule is COc1cc2c(cc1-c1c(C)noc1C)ncc1oc(=O)n([C@H](C)c3cccc(S(C)(=O)=O)c3)c12. The van der Waals surface area contributed by atoms with Crippen LogP contribution in [0.15, 0.2) is 61.2 Å². The molecule has 5 rings (SSSR count). The molecule has 3 heterocycles. The fourth-order valence-electron chi connectivity index (χ4n) is 4.48. The molecule has 9 nitrogen and oxygen atoms in total. The molecule has 5 aromatic rings. The van der Waals surface area contributed by atoms with Gasteiger partial charge in [0.15, 0.2) is 15.4 Å². The molecule has 3 aromatic heterocycles. The van der Waals surface area contributed by atoms with Gasteiger partial charge in [0, 0.05) is 17.2 Å². The quantitative estimate of drug-likeness (QED) is 0.353. The van der Waals surface area contributed by atoms with Crippen molar-refractivity contribution in [1.29, 1.82) is 0 Å². The monoisotopic (exact) mass is 493 g/mol. The van der Waals surface area contributed by atoms with E-state index in [1.54, 1.807) is 25.3 Å². The topological polar surface area (TPSA) is 117 Å². The minimum Gasteiger partial charge on any atom is -0.496 e. The standard InChI is InChI=1S/C25H23N3O6S/c1-13-23(15(3)34-27-13)19-10-20-18(11-21(19)32-4)24-22(12-26-20)33-25(29)28(24)14(2)16-7-6-8-17(9-16)35(5,30)31/h6-12,14H,1-5H3/t14-/m1/s1. The van der Waals surface area contributed by atoms with E-state index in [-0.39, 0.29) is 4.90 Å². The summed E-state index contributed by atoms with van der Waals surface area (Å²) in [6.45, 7) is 5.50. The van der Waals surface area contributed by atoms with E-state index < -0.39 is 21.6 Å². The van der Waals surface area contributed by atoms with Gasteiger partial charge in [-0.15, -0.1) is 0 Å². The lowest BCUT2D eigenvalue weighted by atomic mass is 10.00. The Kier molecular flexibility index (Phi) is 5.28. The largest absolute Gasteiger partial charge is 0.496 e. The molecule has 1 atom stereocenters. The van der Waals surface area contributed by atoms with Crippen LogP contribution >= 0.6 is 0 Å². The highest BCUT2D eigenvalue weighted by Gasteiger charge is 2.23. The summed E-state index contributed by atoms with van der Waals surface area (Å²) in [5, 5.41) is 4.70. The highest BCUT2D eigenvalue weighted by atomic mass is 32.2. The molecule has 0 N–H and O–H groups in total.